The van der Waals surface area contributed by atoms with Gasteiger partial charge in [0.2, 0.25) is 5.91 Å². The monoisotopic (exact) mass is 272 g/mol. The number of carbonyl (C=O) groups is 1. The third-order valence-electron chi connectivity index (χ3n) is 3.16. The Balaban J connectivity index is 1.74. The van der Waals surface area contributed by atoms with Crippen LogP contribution in [0.3, 0.4) is 0 Å². The number of nitrogens with zero attached hydrogens (tertiary/aromatic N) is 1. The number of nitrogens with one attached hydrogen (secondary N) is 1. The van der Waals surface area contributed by atoms with Crippen LogP contribution in [0.5, 0.6) is 0 Å². The highest BCUT2D eigenvalue weighted by Crippen LogP contribution is 2.26. The number of aliphatic imine (C=N–C) groups is 1. The molecule has 0 aromatic rings. The number of thioether (sulfide) groups is 2. The van der Waals surface area contributed by atoms with Crippen molar-refractivity contribution in [3.63, 3.8) is 0 Å². The van der Waals surface area contributed by atoms with Gasteiger partial charge in [-0.05, 0) is 19.8 Å². The molecule has 5 heteroatoms. The van der Waals surface area contributed by atoms with Crippen molar-refractivity contribution in [2.45, 2.75) is 50.3 Å². The summed E-state index contributed by atoms with van der Waals surface area (Å²) in [5.41, 5.74) is 0. The summed E-state index contributed by atoms with van der Waals surface area (Å²) in [5.74, 6) is 1.25. The molecule has 0 radical (unpaired) electrons. The van der Waals surface area contributed by atoms with E-state index in [9.17, 15) is 4.79 Å². The van der Waals surface area contributed by atoms with Crippen LogP contribution in [-0.2, 0) is 4.79 Å². The van der Waals surface area contributed by atoms with E-state index in [0.717, 1.165) is 29.5 Å². The summed E-state index contributed by atoms with van der Waals surface area (Å²) >= 11 is 3.37. The topological polar surface area (TPSA) is 41.5 Å². The molecule has 3 nitrogen and oxygen atoms in total. The van der Waals surface area contributed by atoms with Crippen LogP contribution < -0.4 is 5.32 Å². The van der Waals surface area contributed by atoms with E-state index in [-0.39, 0.29) is 11.2 Å². The van der Waals surface area contributed by atoms with Crippen molar-refractivity contribution < 1.29 is 4.79 Å². The fourth-order valence-electron chi connectivity index (χ4n) is 2.16. The second kappa shape index (κ2) is 6.69. The number of carbonyl (C=O) groups excluding carboxylic acids is 1. The molecule has 1 aliphatic heterocycles. The van der Waals surface area contributed by atoms with Gasteiger partial charge in [0.15, 0.2) is 0 Å². The fourth-order valence-corrected chi connectivity index (χ4v) is 4.30. The van der Waals surface area contributed by atoms with E-state index in [1.54, 1.807) is 23.5 Å². The van der Waals surface area contributed by atoms with Gasteiger partial charge in [0, 0.05) is 11.8 Å². The maximum atomic E-state index is 12.0. The zero-order valence-corrected chi connectivity index (χ0v) is 11.9. The minimum Gasteiger partial charge on any atom is -0.352 e. The lowest BCUT2D eigenvalue weighted by Crippen LogP contribution is -2.40. The minimum absolute atomic E-state index is 0.0127. The highest BCUT2D eigenvalue weighted by atomic mass is 32.2. The van der Waals surface area contributed by atoms with Gasteiger partial charge in [0.05, 0.1) is 11.8 Å². The lowest BCUT2D eigenvalue weighted by atomic mass is 9.95. The Hall–Kier alpha value is -0.160. The van der Waals surface area contributed by atoms with Crippen LogP contribution in [0.2, 0.25) is 0 Å². The molecule has 1 saturated carbocycles. The van der Waals surface area contributed by atoms with Crippen LogP contribution in [0.4, 0.5) is 0 Å². The maximum absolute atomic E-state index is 12.0. The minimum atomic E-state index is -0.0127. The lowest BCUT2D eigenvalue weighted by molar-refractivity contribution is -0.121. The average Bonchev–Trinajstić information content (AvgIpc) is 2.83. The number of amides is 1. The first-order chi connectivity index (χ1) is 8.25. The van der Waals surface area contributed by atoms with E-state index in [4.69, 9.17) is 0 Å². The summed E-state index contributed by atoms with van der Waals surface area (Å²) in [6.07, 6.45) is 6.14. The van der Waals surface area contributed by atoms with Crippen LogP contribution in [0.15, 0.2) is 4.99 Å². The van der Waals surface area contributed by atoms with Gasteiger partial charge in [-0.1, -0.05) is 42.8 Å². The Kier molecular flexibility index (Phi) is 5.22. The summed E-state index contributed by atoms with van der Waals surface area (Å²) < 4.78 is 1.08. The molecule has 0 spiro atoms. The Morgan fingerprint density at radius 2 is 2.24 bits per heavy atom. The summed E-state index contributed by atoms with van der Waals surface area (Å²) in [6.45, 7) is 2.88. The van der Waals surface area contributed by atoms with Gasteiger partial charge in [-0.3, -0.25) is 9.79 Å². The van der Waals surface area contributed by atoms with Crippen LogP contribution in [0, 0.1) is 0 Å². The molecular formula is C12H20N2OS2. The SMILES string of the molecule is C[C@@H](SC1=NCCS1)C(=O)NC1CCCCC1. The van der Waals surface area contributed by atoms with Gasteiger partial charge < -0.3 is 5.32 Å². The Morgan fingerprint density at radius 1 is 1.47 bits per heavy atom. The van der Waals surface area contributed by atoms with Gasteiger partial charge in [-0.2, -0.15) is 0 Å². The Labute approximate surface area is 112 Å². The van der Waals surface area contributed by atoms with Crippen molar-refractivity contribution in [3.05, 3.63) is 0 Å². The summed E-state index contributed by atoms with van der Waals surface area (Å²) in [7, 11) is 0. The third kappa shape index (κ3) is 4.21. The molecule has 0 unspecified atom stereocenters. The van der Waals surface area contributed by atoms with Crippen molar-refractivity contribution >= 4 is 33.8 Å². The average molecular weight is 272 g/mol. The predicted molar refractivity (Wildman–Crippen MR) is 76.8 cm³/mol. The smallest absolute Gasteiger partial charge is 0.233 e. The van der Waals surface area contributed by atoms with Crippen molar-refractivity contribution in [3.8, 4) is 0 Å². The van der Waals surface area contributed by atoms with Crippen LogP contribution >= 0.6 is 23.5 Å². The van der Waals surface area contributed by atoms with Crippen LogP contribution in [0.25, 0.3) is 0 Å². The molecule has 17 heavy (non-hydrogen) atoms. The first-order valence-corrected chi connectivity index (χ1v) is 8.26. The molecule has 96 valence electrons. The highest BCUT2D eigenvalue weighted by Gasteiger charge is 2.22. The van der Waals surface area contributed by atoms with Crippen molar-refractivity contribution in [1.29, 1.82) is 0 Å². The van der Waals surface area contributed by atoms with Gasteiger partial charge >= 0.3 is 0 Å². The van der Waals surface area contributed by atoms with Crippen LogP contribution in [0.1, 0.15) is 39.0 Å². The van der Waals surface area contributed by atoms with E-state index in [0.29, 0.717) is 6.04 Å². The molecule has 1 fully saturated rings. The second-order valence-electron chi connectivity index (χ2n) is 4.60. The molecule has 1 heterocycles. The fraction of sp³-hybridized carbons (Fsp3) is 0.833. The Morgan fingerprint density at radius 3 is 2.88 bits per heavy atom. The molecule has 2 rings (SSSR count). The van der Waals surface area contributed by atoms with E-state index in [1.165, 1.54) is 19.3 Å². The maximum Gasteiger partial charge on any atom is 0.233 e. The molecule has 0 saturated heterocycles. The van der Waals surface area contributed by atoms with E-state index < -0.39 is 0 Å². The molecule has 0 aromatic heterocycles. The number of hydrogen-bond donors (Lipinski definition) is 1. The molecule has 2 aliphatic rings. The van der Waals surface area contributed by atoms with Crippen LogP contribution in [-0.4, -0.2) is 33.9 Å². The number of hydrogen-bond acceptors (Lipinski definition) is 4. The normalized spacial score (nSPS) is 23.2. The van der Waals surface area contributed by atoms with Crippen molar-refractivity contribution in [2.24, 2.45) is 4.99 Å². The third-order valence-corrected chi connectivity index (χ3v) is 5.46. The molecule has 0 aromatic carbocycles. The molecular weight excluding hydrogens is 252 g/mol. The predicted octanol–water partition coefficient (Wildman–Crippen LogP) is 2.66. The standard InChI is InChI=1S/C12H20N2OS2/c1-9(17-12-13-7-8-16-12)11(15)14-10-5-3-2-4-6-10/h9-10H,2-8H2,1H3,(H,14,15)/t9-/m1/s1. The molecule has 1 atom stereocenters. The van der Waals surface area contributed by atoms with Gasteiger partial charge in [-0.15, -0.1) is 0 Å². The highest BCUT2D eigenvalue weighted by molar-refractivity contribution is 8.39. The summed E-state index contributed by atoms with van der Waals surface area (Å²) in [6, 6.07) is 0.414. The first kappa shape index (κ1) is 13.3. The summed E-state index contributed by atoms with van der Waals surface area (Å²) in [5, 5.41) is 3.16. The van der Waals surface area contributed by atoms with Crippen molar-refractivity contribution in [2.75, 3.05) is 12.3 Å². The summed E-state index contributed by atoms with van der Waals surface area (Å²) in [4.78, 5) is 16.4. The van der Waals surface area contributed by atoms with E-state index >= 15 is 0 Å². The zero-order chi connectivity index (χ0) is 12.1. The Bertz CT molecular complexity index is 301. The zero-order valence-electron chi connectivity index (χ0n) is 10.3. The molecule has 0 bridgehead atoms. The lowest BCUT2D eigenvalue weighted by Gasteiger charge is -2.24. The molecule has 1 N–H and O–H groups in total. The molecule has 1 aliphatic carbocycles. The van der Waals surface area contributed by atoms with Gasteiger partial charge in [-0.25, -0.2) is 0 Å². The van der Waals surface area contributed by atoms with Gasteiger partial charge in [0.25, 0.3) is 0 Å². The molecule has 1 amide bonds. The quantitative estimate of drug-likeness (QED) is 0.859. The van der Waals surface area contributed by atoms with E-state index in [2.05, 4.69) is 10.3 Å². The largest absolute Gasteiger partial charge is 0.352 e. The number of rotatable bonds is 3. The van der Waals surface area contributed by atoms with Crippen molar-refractivity contribution in [1.82, 2.24) is 5.32 Å². The first-order valence-electron chi connectivity index (χ1n) is 6.40. The van der Waals surface area contributed by atoms with E-state index in [1.807, 2.05) is 6.92 Å². The van der Waals surface area contributed by atoms with Gasteiger partial charge in [0.1, 0.15) is 4.38 Å². The second-order valence-corrected chi connectivity index (χ2v) is 7.27.